The largest absolute Gasteiger partial charge is 0.630 e. The molecule has 0 saturated carbocycles. The fourth-order valence-electron chi connectivity index (χ4n) is 2.59. The maximum Gasteiger partial charge on any atom is 0.348 e. The summed E-state index contributed by atoms with van der Waals surface area (Å²) >= 11 is 0.938. The lowest BCUT2D eigenvalue weighted by Crippen LogP contribution is -2.70. The van der Waals surface area contributed by atoms with E-state index in [9.17, 15) is 23.5 Å². The third kappa shape index (κ3) is 4.38. The van der Waals surface area contributed by atoms with Crippen LogP contribution in [-0.4, -0.2) is 25.0 Å². The zero-order valence-electron chi connectivity index (χ0n) is 14.7. The molecule has 1 aromatic heterocycles. The number of thiophene rings is 1. The van der Waals surface area contributed by atoms with Gasteiger partial charge in [0.15, 0.2) is 0 Å². The fraction of sp³-hybridized carbons (Fsp3) is 0.0556. The van der Waals surface area contributed by atoms with Crippen LogP contribution in [0.2, 0.25) is 0 Å². The van der Waals surface area contributed by atoms with Crippen LogP contribution in [0, 0.1) is 12.1 Å². The van der Waals surface area contributed by atoms with Crippen molar-refractivity contribution in [2.24, 2.45) is 0 Å². The van der Waals surface area contributed by atoms with Crippen molar-refractivity contribution in [1.29, 1.82) is 0 Å². The minimum absolute atomic E-state index is 0. The van der Waals surface area contributed by atoms with Gasteiger partial charge in [-0.15, -0.1) is 11.3 Å². The number of nitrogens with two attached hydrogens (primary N) is 1. The molecule has 0 aliphatic rings. The molecule has 0 aliphatic heterocycles. The van der Waals surface area contributed by atoms with Gasteiger partial charge < -0.3 is 21.3 Å². The standard InChI is InChI=1S/C18H16N2O5S2.H2O/c1-11-5-2-3-8-16(11)27(24,25)20-14-10-15(26-17(14)18(21)22)12-6-4-7-13(9-12)19-23;/h2-10,20H,19H2,1H3,(H,21,22);1H2. The Balaban J connectivity index is 0.00000280. The molecular weight excluding hydrogens is 404 g/mol. The van der Waals surface area contributed by atoms with Gasteiger partial charge in [-0.2, -0.15) is 0 Å². The SMILES string of the molecule is Cc1ccccc1S(=O)(=O)Nc1cc(-c2cccc([NH2+][O-])c2)sc1C(=O)O.O. The van der Waals surface area contributed by atoms with E-state index in [1.807, 2.05) is 0 Å². The molecule has 0 bridgehead atoms. The van der Waals surface area contributed by atoms with Crippen molar-refractivity contribution in [3.8, 4) is 10.4 Å². The van der Waals surface area contributed by atoms with Crippen molar-refractivity contribution in [3.63, 3.8) is 0 Å². The van der Waals surface area contributed by atoms with Crippen molar-refractivity contribution < 1.29 is 29.3 Å². The normalized spacial score (nSPS) is 10.9. The molecule has 8 nitrogen and oxygen atoms in total. The minimum Gasteiger partial charge on any atom is -0.630 e. The van der Waals surface area contributed by atoms with Gasteiger partial charge in [0, 0.05) is 10.9 Å². The fourth-order valence-corrected chi connectivity index (χ4v) is 4.91. The second kappa shape index (κ2) is 8.50. The first-order valence-electron chi connectivity index (χ1n) is 7.83. The second-order valence-corrected chi connectivity index (χ2v) is 8.48. The molecule has 0 saturated heterocycles. The summed E-state index contributed by atoms with van der Waals surface area (Å²) in [5.74, 6) is -1.24. The molecule has 148 valence electrons. The Bertz CT molecular complexity index is 1110. The molecule has 0 atom stereocenters. The highest BCUT2D eigenvalue weighted by Crippen LogP contribution is 2.36. The second-order valence-electron chi connectivity index (χ2n) is 5.77. The van der Waals surface area contributed by atoms with Crippen LogP contribution in [0.1, 0.15) is 15.2 Å². The number of nitrogens with one attached hydrogen (secondary N) is 1. The minimum atomic E-state index is -3.94. The van der Waals surface area contributed by atoms with E-state index in [0.29, 0.717) is 27.2 Å². The summed E-state index contributed by atoms with van der Waals surface area (Å²) < 4.78 is 27.8. The molecule has 1 heterocycles. The van der Waals surface area contributed by atoms with Gasteiger partial charge in [-0.25, -0.2) is 13.2 Å². The van der Waals surface area contributed by atoms with Gasteiger partial charge in [0.2, 0.25) is 0 Å². The van der Waals surface area contributed by atoms with E-state index < -0.39 is 16.0 Å². The Labute approximate surface area is 165 Å². The molecule has 28 heavy (non-hydrogen) atoms. The van der Waals surface area contributed by atoms with Crippen LogP contribution in [0.5, 0.6) is 0 Å². The molecule has 3 aromatic rings. The average molecular weight is 422 g/mol. The Morgan fingerprint density at radius 1 is 1.14 bits per heavy atom. The van der Waals surface area contributed by atoms with E-state index in [2.05, 4.69) is 4.72 Å². The van der Waals surface area contributed by atoms with Crippen LogP contribution in [0.15, 0.2) is 59.5 Å². The molecule has 10 heteroatoms. The highest BCUT2D eigenvalue weighted by molar-refractivity contribution is 7.92. The van der Waals surface area contributed by atoms with E-state index in [-0.39, 0.29) is 20.9 Å². The number of hydrogen-bond donors (Lipinski definition) is 3. The van der Waals surface area contributed by atoms with Crippen LogP contribution >= 0.6 is 11.3 Å². The smallest absolute Gasteiger partial charge is 0.348 e. The summed E-state index contributed by atoms with van der Waals surface area (Å²) in [6.45, 7) is 1.66. The number of carbonyl (C=O) groups is 1. The summed E-state index contributed by atoms with van der Waals surface area (Å²) in [6, 6.07) is 14.6. The van der Waals surface area contributed by atoms with Gasteiger partial charge in [-0.1, -0.05) is 30.3 Å². The number of aryl methyl sites for hydroxylation is 1. The first-order chi connectivity index (χ1) is 12.8. The summed E-state index contributed by atoms with van der Waals surface area (Å²) in [7, 11) is -3.94. The summed E-state index contributed by atoms with van der Waals surface area (Å²) in [6.07, 6.45) is 0. The molecule has 0 amide bonds. The van der Waals surface area contributed by atoms with Gasteiger partial charge in [-0.3, -0.25) is 4.72 Å². The predicted octanol–water partition coefficient (Wildman–Crippen LogP) is 2.09. The maximum atomic E-state index is 12.7. The number of sulfonamides is 1. The lowest BCUT2D eigenvalue weighted by molar-refractivity contribution is -0.497. The molecular formula is C18H18N2O6S2. The van der Waals surface area contributed by atoms with Crippen molar-refractivity contribution >= 4 is 38.7 Å². The van der Waals surface area contributed by atoms with Crippen LogP contribution in [-0.2, 0) is 10.0 Å². The first kappa shape index (κ1) is 21.5. The molecule has 0 radical (unpaired) electrons. The van der Waals surface area contributed by atoms with Crippen molar-refractivity contribution in [1.82, 2.24) is 0 Å². The Morgan fingerprint density at radius 2 is 1.86 bits per heavy atom. The number of hydrogen-bond acceptors (Lipinski definition) is 5. The molecule has 0 fully saturated rings. The molecule has 3 rings (SSSR count). The Morgan fingerprint density at radius 3 is 2.50 bits per heavy atom. The highest BCUT2D eigenvalue weighted by atomic mass is 32.2. The van der Waals surface area contributed by atoms with Gasteiger partial charge in [0.25, 0.3) is 10.0 Å². The van der Waals surface area contributed by atoms with Crippen LogP contribution in [0.3, 0.4) is 0 Å². The quantitative estimate of drug-likeness (QED) is 0.410. The first-order valence-corrected chi connectivity index (χ1v) is 10.1. The number of quaternary nitrogens is 1. The van der Waals surface area contributed by atoms with Gasteiger partial charge in [0.05, 0.1) is 10.6 Å². The Hall–Kier alpha value is -2.76. The van der Waals surface area contributed by atoms with E-state index in [1.165, 1.54) is 12.1 Å². The monoisotopic (exact) mass is 422 g/mol. The van der Waals surface area contributed by atoms with Gasteiger partial charge >= 0.3 is 5.97 Å². The number of anilines is 1. The van der Waals surface area contributed by atoms with Gasteiger partial charge in [-0.05, 0) is 36.2 Å². The van der Waals surface area contributed by atoms with Crippen LogP contribution < -0.4 is 10.2 Å². The number of aromatic carboxylic acids is 1. The molecule has 6 N–H and O–H groups in total. The summed E-state index contributed by atoms with van der Waals surface area (Å²) in [5.41, 5.74) is 2.31. The van der Waals surface area contributed by atoms with Crippen LogP contribution in [0.25, 0.3) is 10.4 Å². The van der Waals surface area contributed by atoms with E-state index in [4.69, 9.17) is 0 Å². The maximum absolute atomic E-state index is 12.7. The van der Waals surface area contributed by atoms with Crippen molar-refractivity contribution in [2.75, 3.05) is 4.72 Å². The highest BCUT2D eigenvalue weighted by Gasteiger charge is 2.23. The number of carboxylic acid groups (broad SMARTS) is 1. The average Bonchev–Trinajstić information content (AvgIpc) is 3.05. The van der Waals surface area contributed by atoms with Crippen molar-refractivity contribution in [3.05, 3.63) is 70.2 Å². The lowest BCUT2D eigenvalue weighted by Gasteiger charge is -2.09. The summed E-state index contributed by atoms with van der Waals surface area (Å²) in [4.78, 5) is 12.1. The summed E-state index contributed by atoms with van der Waals surface area (Å²) in [5, 5.41) is 20.4. The zero-order chi connectivity index (χ0) is 19.6. The predicted molar refractivity (Wildman–Crippen MR) is 107 cm³/mol. The third-order valence-corrected chi connectivity index (χ3v) is 6.56. The molecule has 0 aliphatic carbocycles. The van der Waals surface area contributed by atoms with Crippen LogP contribution in [0.4, 0.5) is 11.4 Å². The van der Waals surface area contributed by atoms with Crippen molar-refractivity contribution in [2.45, 2.75) is 11.8 Å². The molecule has 2 aromatic carbocycles. The van der Waals surface area contributed by atoms with Gasteiger partial charge in [0.1, 0.15) is 10.6 Å². The van der Waals surface area contributed by atoms with E-state index in [0.717, 1.165) is 11.3 Å². The molecule has 0 unspecified atom stereocenters. The topological polar surface area (TPSA) is 155 Å². The molecule has 0 spiro atoms. The Kier molecular flexibility index (Phi) is 6.54. The van der Waals surface area contributed by atoms with E-state index >= 15 is 0 Å². The number of carboxylic acids is 1. The lowest BCUT2D eigenvalue weighted by atomic mass is 10.1. The van der Waals surface area contributed by atoms with E-state index in [1.54, 1.807) is 49.4 Å². The number of benzene rings is 2. The zero-order valence-corrected chi connectivity index (χ0v) is 16.3. The number of rotatable bonds is 6. The third-order valence-electron chi connectivity index (χ3n) is 3.86.